The molecule has 0 spiro atoms. The standard InChI is InChI=1S/C14H21Cl2NO/c1-3-5-7-18-14-12(15)8-11(9-13(14)16)10-17-6-4-2/h8-9,17H,3-7,10H2,1-2H3. The summed E-state index contributed by atoms with van der Waals surface area (Å²) in [6.07, 6.45) is 3.21. The number of hydrogen-bond donors (Lipinski definition) is 1. The number of rotatable bonds is 8. The second kappa shape index (κ2) is 8.63. The summed E-state index contributed by atoms with van der Waals surface area (Å²) >= 11 is 12.4. The van der Waals surface area contributed by atoms with Crippen LogP contribution in [0.1, 0.15) is 38.7 Å². The summed E-state index contributed by atoms with van der Waals surface area (Å²) in [7, 11) is 0. The number of halogens is 2. The molecule has 0 saturated heterocycles. The number of unbranched alkanes of at least 4 members (excludes halogenated alkanes) is 1. The molecule has 0 bridgehead atoms. The minimum atomic E-state index is 0.590. The smallest absolute Gasteiger partial charge is 0.156 e. The molecule has 0 aromatic heterocycles. The van der Waals surface area contributed by atoms with Crippen molar-refractivity contribution in [2.75, 3.05) is 13.2 Å². The second-order valence-electron chi connectivity index (χ2n) is 4.27. The van der Waals surface area contributed by atoms with Crippen molar-refractivity contribution in [2.45, 2.75) is 39.7 Å². The molecule has 0 unspecified atom stereocenters. The Morgan fingerprint density at radius 2 is 1.78 bits per heavy atom. The van der Waals surface area contributed by atoms with Gasteiger partial charge in [-0.05, 0) is 37.1 Å². The van der Waals surface area contributed by atoms with E-state index in [-0.39, 0.29) is 0 Å². The Kier molecular flexibility index (Phi) is 7.48. The van der Waals surface area contributed by atoms with Crippen molar-refractivity contribution < 1.29 is 4.74 Å². The van der Waals surface area contributed by atoms with Gasteiger partial charge in [-0.25, -0.2) is 0 Å². The molecule has 1 rings (SSSR count). The van der Waals surface area contributed by atoms with Crippen molar-refractivity contribution in [3.8, 4) is 5.75 Å². The lowest BCUT2D eigenvalue weighted by atomic mass is 10.2. The highest BCUT2D eigenvalue weighted by atomic mass is 35.5. The van der Waals surface area contributed by atoms with E-state index in [9.17, 15) is 0 Å². The molecule has 0 amide bonds. The Bertz CT molecular complexity index is 346. The van der Waals surface area contributed by atoms with Gasteiger partial charge in [0.2, 0.25) is 0 Å². The van der Waals surface area contributed by atoms with Gasteiger partial charge in [-0.15, -0.1) is 0 Å². The van der Waals surface area contributed by atoms with Crippen LogP contribution in [0.25, 0.3) is 0 Å². The number of ether oxygens (including phenoxy) is 1. The van der Waals surface area contributed by atoms with Crippen LogP contribution < -0.4 is 10.1 Å². The zero-order valence-corrected chi connectivity index (χ0v) is 12.6. The Morgan fingerprint density at radius 1 is 1.11 bits per heavy atom. The van der Waals surface area contributed by atoms with Gasteiger partial charge in [0.1, 0.15) is 0 Å². The van der Waals surface area contributed by atoms with Crippen LogP contribution in [0.3, 0.4) is 0 Å². The normalized spacial score (nSPS) is 10.7. The summed E-state index contributed by atoms with van der Waals surface area (Å²) in [6, 6.07) is 3.83. The van der Waals surface area contributed by atoms with Crippen LogP contribution >= 0.6 is 23.2 Å². The van der Waals surface area contributed by atoms with Crippen LogP contribution in [-0.4, -0.2) is 13.2 Å². The maximum atomic E-state index is 6.19. The molecule has 1 aromatic rings. The molecule has 0 aliphatic rings. The number of nitrogens with one attached hydrogen (secondary N) is 1. The lowest BCUT2D eigenvalue weighted by Gasteiger charge is -2.12. The molecule has 0 aliphatic heterocycles. The lowest BCUT2D eigenvalue weighted by Crippen LogP contribution is -2.13. The van der Waals surface area contributed by atoms with Crippen LogP contribution in [0.15, 0.2) is 12.1 Å². The van der Waals surface area contributed by atoms with Gasteiger partial charge in [-0.1, -0.05) is 43.5 Å². The molecule has 0 atom stereocenters. The zero-order valence-electron chi connectivity index (χ0n) is 11.1. The van der Waals surface area contributed by atoms with Gasteiger partial charge in [0.15, 0.2) is 5.75 Å². The summed E-state index contributed by atoms with van der Waals surface area (Å²) < 4.78 is 5.60. The Balaban J connectivity index is 2.65. The first-order valence-corrected chi connectivity index (χ1v) is 7.26. The molecule has 4 heteroatoms. The monoisotopic (exact) mass is 289 g/mol. The highest BCUT2D eigenvalue weighted by molar-refractivity contribution is 6.37. The van der Waals surface area contributed by atoms with Gasteiger partial charge in [-0.2, -0.15) is 0 Å². The predicted octanol–water partition coefficient (Wildman–Crippen LogP) is 4.67. The van der Waals surface area contributed by atoms with E-state index in [1.165, 1.54) is 0 Å². The zero-order chi connectivity index (χ0) is 13.4. The van der Waals surface area contributed by atoms with Crippen molar-refractivity contribution in [2.24, 2.45) is 0 Å². The van der Waals surface area contributed by atoms with Crippen molar-refractivity contribution in [1.82, 2.24) is 5.32 Å². The first kappa shape index (κ1) is 15.6. The maximum absolute atomic E-state index is 6.19. The first-order chi connectivity index (χ1) is 8.69. The van der Waals surface area contributed by atoms with E-state index in [0.29, 0.717) is 22.4 Å². The van der Waals surface area contributed by atoms with Gasteiger partial charge >= 0.3 is 0 Å². The average molecular weight is 290 g/mol. The van der Waals surface area contributed by atoms with Gasteiger partial charge in [0, 0.05) is 6.54 Å². The topological polar surface area (TPSA) is 21.3 Å². The molecule has 1 N–H and O–H groups in total. The second-order valence-corrected chi connectivity index (χ2v) is 5.08. The summed E-state index contributed by atoms with van der Waals surface area (Å²) in [5, 5.41) is 4.50. The van der Waals surface area contributed by atoms with Gasteiger partial charge < -0.3 is 10.1 Å². The minimum Gasteiger partial charge on any atom is -0.490 e. The molecular weight excluding hydrogens is 269 g/mol. The number of hydrogen-bond acceptors (Lipinski definition) is 2. The molecule has 0 aliphatic carbocycles. The van der Waals surface area contributed by atoms with Crippen molar-refractivity contribution >= 4 is 23.2 Å². The van der Waals surface area contributed by atoms with Crippen LogP contribution in [0.5, 0.6) is 5.75 Å². The van der Waals surface area contributed by atoms with E-state index in [1.54, 1.807) is 0 Å². The highest BCUT2D eigenvalue weighted by Crippen LogP contribution is 2.34. The van der Waals surface area contributed by atoms with Crippen LogP contribution in [0, 0.1) is 0 Å². The van der Waals surface area contributed by atoms with Crippen molar-refractivity contribution in [3.05, 3.63) is 27.7 Å². The fourth-order valence-electron chi connectivity index (χ4n) is 1.58. The molecule has 2 nitrogen and oxygen atoms in total. The maximum Gasteiger partial charge on any atom is 0.156 e. The molecule has 0 radical (unpaired) electrons. The van der Waals surface area contributed by atoms with Crippen molar-refractivity contribution in [3.63, 3.8) is 0 Å². The third-order valence-electron chi connectivity index (χ3n) is 2.56. The fraction of sp³-hybridized carbons (Fsp3) is 0.571. The van der Waals surface area contributed by atoms with E-state index in [1.807, 2.05) is 12.1 Å². The Morgan fingerprint density at radius 3 is 2.33 bits per heavy atom. The van der Waals surface area contributed by atoms with E-state index >= 15 is 0 Å². The van der Waals surface area contributed by atoms with E-state index in [0.717, 1.165) is 37.9 Å². The minimum absolute atomic E-state index is 0.590. The molecule has 0 heterocycles. The third-order valence-corrected chi connectivity index (χ3v) is 3.12. The molecule has 0 fully saturated rings. The summed E-state index contributed by atoms with van der Waals surface area (Å²) in [6.45, 7) is 6.68. The highest BCUT2D eigenvalue weighted by Gasteiger charge is 2.09. The summed E-state index contributed by atoms with van der Waals surface area (Å²) in [5.74, 6) is 0.603. The van der Waals surface area contributed by atoms with E-state index in [4.69, 9.17) is 27.9 Å². The van der Waals surface area contributed by atoms with Crippen LogP contribution in [0.2, 0.25) is 10.0 Å². The SMILES string of the molecule is CCCCOc1c(Cl)cc(CNCCC)cc1Cl. The molecular formula is C14H21Cl2NO. The number of benzene rings is 1. The van der Waals surface area contributed by atoms with E-state index < -0.39 is 0 Å². The lowest BCUT2D eigenvalue weighted by molar-refractivity contribution is 0.309. The van der Waals surface area contributed by atoms with Crippen molar-refractivity contribution in [1.29, 1.82) is 0 Å². The predicted molar refractivity (Wildman–Crippen MR) is 78.9 cm³/mol. The first-order valence-electron chi connectivity index (χ1n) is 6.50. The summed E-state index contributed by atoms with van der Waals surface area (Å²) in [5.41, 5.74) is 1.08. The van der Waals surface area contributed by atoms with E-state index in [2.05, 4.69) is 19.2 Å². The van der Waals surface area contributed by atoms with Gasteiger partial charge in [0.25, 0.3) is 0 Å². The molecule has 1 aromatic carbocycles. The van der Waals surface area contributed by atoms with Gasteiger partial charge in [-0.3, -0.25) is 0 Å². The largest absolute Gasteiger partial charge is 0.490 e. The van der Waals surface area contributed by atoms with Gasteiger partial charge in [0.05, 0.1) is 16.7 Å². The molecule has 102 valence electrons. The Hall–Kier alpha value is -0.440. The quantitative estimate of drug-likeness (QED) is 0.702. The molecule has 0 saturated carbocycles. The average Bonchev–Trinajstić information content (AvgIpc) is 2.33. The fourth-order valence-corrected chi connectivity index (χ4v) is 2.22. The Labute approximate surface area is 120 Å². The van der Waals surface area contributed by atoms with Crippen LogP contribution in [-0.2, 0) is 6.54 Å². The molecule has 18 heavy (non-hydrogen) atoms. The summed E-state index contributed by atoms with van der Waals surface area (Å²) in [4.78, 5) is 0. The van der Waals surface area contributed by atoms with Crippen LogP contribution in [0.4, 0.5) is 0 Å². The third kappa shape index (κ3) is 5.05.